The second-order valence-electron chi connectivity index (χ2n) is 5.91. The molecule has 0 aromatic carbocycles. The summed E-state index contributed by atoms with van der Waals surface area (Å²) in [4.78, 5) is 12.3. The number of hydrogen-bond donors (Lipinski definition) is 0. The van der Waals surface area contributed by atoms with Gasteiger partial charge in [-0.1, -0.05) is 37.6 Å². The van der Waals surface area contributed by atoms with Gasteiger partial charge in [-0.3, -0.25) is 4.79 Å². The highest BCUT2D eigenvalue weighted by molar-refractivity contribution is 5.91. The Morgan fingerprint density at radius 3 is 2.87 bits per heavy atom. The van der Waals surface area contributed by atoms with Crippen molar-refractivity contribution in [3.05, 3.63) is 23.8 Å². The van der Waals surface area contributed by atoms with E-state index in [9.17, 15) is 4.79 Å². The maximum atomic E-state index is 12.3. The summed E-state index contributed by atoms with van der Waals surface area (Å²) in [6.07, 6.45) is 7.96. The number of carbonyl (C=O) groups excluding carboxylic acids is 1. The summed E-state index contributed by atoms with van der Waals surface area (Å²) in [5.74, 6) is 2.33. The molecule has 4 rings (SSSR count). The number of rotatable bonds is 0. The molecule has 0 spiro atoms. The molecule has 4 unspecified atom stereocenters. The summed E-state index contributed by atoms with van der Waals surface area (Å²) in [5, 5.41) is 0. The number of Topliss-reactive ketones (excluding diaryl/α,β-unsaturated/α-hetero) is 1. The molecule has 0 radical (unpaired) electrons. The molecule has 0 N–H and O–H groups in total. The number of ketones is 1. The average molecular weight is 202 g/mol. The third kappa shape index (κ3) is 0.965. The van der Waals surface area contributed by atoms with Gasteiger partial charge in [-0.05, 0) is 31.1 Å². The van der Waals surface area contributed by atoms with Crippen molar-refractivity contribution in [1.82, 2.24) is 0 Å². The molecule has 1 heteroatoms. The van der Waals surface area contributed by atoms with E-state index in [1.54, 1.807) is 0 Å². The second-order valence-corrected chi connectivity index (χ2v) is 5.91. The van der Waals surface area contributed by atoms with Crippen LogP contribution in [-0.2, 0) is 4.79 Å². The standard InChI is InChI=1S/C14H18O/c1-8-7-11-9-5-4-6-10(9)12(8)14(2,3)13(11)15/h4-5,7,9-12H,6H2,1-3H3. The first-order chi connectivity index (χ1) is 7.03. The molecule has 2 bridgehead atoms. The van der Waals surface area contributed by atoms with Gasteiger partial charge in [-0.15, -0.1) is 0 Å². The summed E-state index contributed by atoms with van der Waals surface area (Å²) in [6.45, 7) is 6.48. The zero-order chi connectivity index (χ0) is 10.8. The van der Waals surface area contributed by atoms with Crippen LogP contribution in [0.1, 0.15) is 27.2 Å². The fourth-order valence-electron chi connectivity index (χ4n) is 4.21. The van der Waals surface area contributed by atoms with E-state index in [0.29, 0.717) is 23.5 Å². The molecule has 1 saturated carbocycles. The van der Waals surface area contributed by atoms with Crippen LogP contribution in [0.15, 0.2) is 23.8 Å². The normalized spacial score (nSPS) is 45.5. The van der Waals surface area contributed by atoms with E-state index in [1.165, 1.54) is 12.0 Å². The van der Waals surface area contributed by atoms with E-state index in [4.69, 9.17) is 0 Å². The number of carbonyl (C=O) groups is 1. The molecular weight excluding hydrogens is 184 g/mol. The molecule has 0 heterocycles. The minimum atomic E-state index is -0.128. The second kappa shape index (κ2) is 2.63. The minimum absolute atomic E-state index is 0.128. The van der Waals surface area contributed by atoms with Gasteiger partial charge in [-0.25, -0.2) is 0 Å². The molecule has 80 valence electrons. The van der Waals surface area contributed by atoms with Crippen LogP contribution in [0, 0.1) is 29.1 Å². The SMILES string of the molecule is CC1=CC2C(=O)C(C)(C)C1C1CC=CC21. The molecule has 4 aliphatic rings. The third-order valence-corrected chi connectivity index (χ3v) is 4.75. The predicted molar refractivity (Wildman–Crippen MR) is 60.3 cm³/mol. The molecule has 4 atom stereocenters. The van der Waals surface area contributed by atoms with E-state index in [1.807, 2.05) is 0 Å². The fraction of sp³-hybridized carbons (Fsp3) is 0.643. The molecule has 0 aromatic rings. The highest BCUT2D eigenvalue weighted by Crippen LogP contribution is 2.57. The molecule has 15 heavy (non-hydrogen) atoms. The molecule has 0 aromatic heterocycles. The van der Waals surface area contributed by atoms with Gasteiger partial charge in [0.25, 0.3) is 0 Å². The quantitative estimate of drug-likeness (QED) is 0.552. The molecule has 0 aliphatic heterocycles. The van der Waals surface area contributed by atoms with Crippen LogP contribution in [0.3, 0.4) is 0 Å². The van der Waals surface area contributed by atoms with Gasteiger partial charge >= 0.3 is 0 Å². The Morgan fingerprint density at radius 2 is 2.13 bits per heavy atom. The van der Waals surface area contributed by atoms with Crippen LogP contribution >= 0.6 is 0 Å². The lowest BCUT2D eigenvalue weighted by Crippen LogP contribution is -2.53. The van der Waals surface area contributed by atoms with Crippen molar-refractivity contribution in [2.75, 3.05) is 0 Å². The summed E-state index contributed by atoms with van der Waals surface area (Å²) in [5.41, 5.74) is 1.33. The van der Waals surface area contributed by atoms with Gasteiger partial charge in [0.15, 0.2) is 0 Å². The van der Waals surface area contributed by atoms with Crippen molar-refractivity contribution < 1.29 is 4.79 Å². The van der Waals surface area contributed by atoms with Gasteiger partial charge < -0.3 is 0 Å². The first kappa shape index (κ1) is 9.38. The number of allylic oxidation sites excluding steroid dienone is 4. The zero-order valence-corrected chi connectivity index (χ0v) is 9.66. The van der Waals surface area contributed by atoms with Crippen LogP contribution in [0.5, 0.6) is 0 Å². The van der Waals surface area contributed by atoms with Gasteiger partial charge in [0, 0.05) is 11.3 Å². The lowest BCUT2D eigenvalue weighted by Gasteiger charge is -2.52. The first-order valence-corrected chi connectivity index (χ1v) is 5.93. The fourth-order valence-corrected chi connectivity index (χ4v) is 4.21. The molecule has 4 aliphatic carbocycles. The monoisotopic (exact) mass is 202 g/mol. The van der Waals surface area contributed by atoms with Crippen molar-refractivity contribution in [3.63, 3.8) is 0 Å². The summed E-state index contributed by atoms with van der Waals surface area (Å²) >= 11 is 0. The maximum Gasteiger partial charge on any atom is 0.146 e. The van der Waals surface area contributed by atoms with Crippen molar-refractivity contribution in [2.24, 2.45) is 29.1 Å². The van der Waals surface area contributed by atoms with Crippen molar-refractivity contribution >= 4 is 5.78 Å². The van der Waals surface area contributed by atoms with Gasteiger partial charge in [0.05, 0.1) is 0 Å². The van der Waals surface area contributed by atoms with Gasteiger partial charge in [0.1, 0.15) is 5.78 Å². The van der Waals surface area contributed by atoms with E-state index < -0.39 is 0 Å². The Kier molecular flexibility index (Phi) is 1.65. The predicted octanol–water partition coefficient (Wildman–Crippen LogP) is 2.98. The number of fused-ring (bicyclic) bond motifs is 1. The average Bonchev–Trinajstić information content (AvgIpc) is 2.61. The largest absolute Gasteiger partial charge is 0.298 e. The minimum Gasteiger partial charge on any atom is -0.298 e. The summed E-state index contributed by atoms with van der Waals surface area (Å²) < 4.78 is 0. The van der Waals surface area contributed by atoms with Crippen molar-refractivity contribution in [3.8, 4) is 0 Å². The Hall–Kier alpha value is -0.850. The molecule has 1 nitrogen and oxygen atoms in total. The van der Waals surface area contributed by atoms with E-state index in [0.717, 1.165) is 0 Å². The van der Waals surface area contributed by atoms with Crippen LogP contribution in [0.4, 0.5) is 0 Å². The molecule has 0 amide bonds. The van der Waals surface area contributed by atoms with Crippen molar-refractivity contribution in [2.45, 2.75) is 27.2 Å². The summed E-state index contributed by atoms with van der Waals surface area (Å²) in [7, 11) is 0. The molecule has 0 saturated heterocycles. The molecular formula is C14H18O. The Bertz CT molecular complexity index is 386. The van der Waals surface area contributed by atoms with Crippen LogP contribution in [-0.4, -0.2) is 5.78 Å². The summed E-state index contributed by atoms with van der Waals surface area (Å²) in [6, 6.07) is 0. The van der Waals surface area contributed by atoms with Crippen LogP contribution in [0.25, 0.3) is 0 Å². The highest BCUT2D eigenvalue weighted by atomic mass is 16.1. The van der Waals surface area contributed by atoms with E-state index in [-0.39, 0.29) is 11.3 Å². The van der Waals surface area contributed by atoms with Crippen molar-refractivity contribution in [1.29, 1.82) is 0 Å². The van der Waals surface area contributed by atoms with Gasteiger partial charge in [-0.2, -0.15) is 0 Å². The first-order valence-electron chi connectivity index (χ1n) is 5.93. The molecule has 1 fully saturated rings. The number of hydrogen-bond acceptors (Lipinski definition) is 1. The maximum absolute atomic E-state index is 12.3. The smallest absolute Gasteiger partial charge is 0.146 e. The van der Waals surface area contributed by atoms with Crippen LogP contribution in [0.2, 0.25) is 0 Å². The Labute approximate surface area is 91.2 Å². The Morgan fingerprint density at radius 1 is 1.40 bits per heavy atom. The van der Waals surface area contributed by atoms with Crippen LogP contribution < -0.4 is 0 Å². The zero-order valence-electron chi connectivity index (χ0n) is 9.66. The Balaban J connectivity index is 2.15. The van der Waals surface area contributed by atoms with E-state index in [2.05, 4.69) is 39.0 Å². The van der Waals surface area contributed by atoms with E-state index >= 15 is 0 Å². The van der Waals surface area contributed by atoms with Gasteiger partial charge in [0.2, 0.25) is 0 Å². The third-order valence-electron chi connectivity index (χ3n) is 4.75. The lowest BCUT2D eigenvalue weighted by molar-refractivity contribution is -0.141. The lowest BCUT2D eigenvalue weighted by atomic mass is 9.50. The highest BCUT2D eigenvalue weighted by Gasteiger charge is 2.56. The topological polar surface area (TPSA) is 17.1 Å².